The van der Waals surface area contributed by atoms with Crippen LogP contribution in [0.15, 0.2) is 41.9 Å². The molecule has 19 heavy (non-hydrogen) atoms. The zero-order valence-corrected chi connectivity index (χ0v) is 11.2. The van der Waals surface area contributed by atoms with Crippen molar-refractivity contribution in [1.29, 1.82) is 0 Å². The second kappa shape index (κ2) is 5.25. The van der Waals surface area contributed by atoms with Crippen molar-refractivity contribution in [3.05, 3.63) is 47.6 Å². The van der Waals surface area contributed by atoms with Gasteiger partial charge in [-0.05, 0) is 23.6 Å². The van der Waals surface area contributed by atoms with Gasteiger partial charge in [0.2, 0.25) is 5.13 Å². The fourth-order valence-electron chi connectivity index (χ4n) is 1.43. The molecule has 3 aromatic rings. The predicted molar refractivity (Wildman–Crippen MR) is 75.4 cm³/mol. The van der Waals surface area contributed by atoms with Gasteiger partial charge in [0.05, 0.1) is 4.88 Å². The smallest absolute Gasteiger partial charge is 0.276 e. The molecule has 0 saturated carbocycles. The highest BCUT2D eigenvalue weighted by atomic mass is 32.1. The highest BCUT2D eigenvalue weighted by Crippen LogP contribution is 2.29. The van der Waals surface area contributed by atoms with Crippen molar-refractivity contribution in [2.24, 2.45) is 0 Å². The van der Waals surface area contributed by atoms with E-state index in [1.54, 1.807) is 35.7 Å². The molecule has 0 aliphatic carbocycles. The van der Waals surface area contributed by atoms with E-state index in [2.05, 4.69) is 20.5 Å². The van der Waals surface area contributed by atoms with Crippen LogP contribution in [0.5, 0.6) is 0 Å². The van der Waals surface area contributed by atoms with E-state index < -0.39 is 0 Å². The van der Waals surface area contributed by atoms with Crippen LogP contribution in [0.4, 0.5) is 5.13 Å². The van der Waals surface area contributed by atoms with Crippen LogP contribution in [0.2, 0.25) is 0 Å². The lowest BCUT2D eigenvalue weighted by Gasteiger charge is -1.98. The Morgan fingerprint density at radius 3 is 2.84 bits per heavy atom. The summed E-state index contributed by atoms with van der Waals surface area (Å²) < 4.78 is 0. The quantitative estimate of drug-likeness (QED) is 0.804. The van der Waals surface area contributed by atoms with Crippen molar-refractivity contribution >= 4 is 33.7 Å². The van der Waals surface area contributed by atoms with Crippen LogP contribution in [-0.4, -0.2) is 21.1 Å². The molecule has 0 fully saturated rings. The first-order valence-electron chi connectivity index (χ1n) is 5.43. The maximum absolute atomic E-state index is 11.9. The van der Waals surface area contributed by atoms with Gasteiger partial charge in [-0.15, -0.1) is 21.5 Å². The Morgan fingerprint density at radius 1 is 1.16 bits per heavy atom. The second-order valence-corrected chi connectivity index (χ2v) is 5.48. The summed E-state index contributed by atoms with van der Waals surface area (Å²) in [6.07, 6.45) is 1.58. The summed E-state index contributed by atoms with van der Waals surface area (Å²) in [5.74, 6) is -0.283. The van der Waals surface area contributed by atoms with Crippen LogP contribution < -0.4 is 5.32 Å². The molecule has 0 aliphatic rings. The lowest BCUT2D eigenvalue weighted by atomic mass is 10.3. The second-order valence-electron chi connectivity index (χ2n) is 3.56. The molecule has 3 rings (SSSR count). The van der Waals surface area contributed by atoms with Crippen LogP contribution in [0.1, 0.15) is 10.5 Å². The SMILES string of the molecule is O=C(Nc1nnc(-c2cccs2)s1)c1ccccn1. The average Bonchev–Trinajstić information content (AvgIpc) is 3.10. The van der Waals surface area contributed by atoms with Crippen molar-refractivity contribution in [1.82, 2.24) is 15.2 Å². The van der Waals surface area contributed by atoms with Crippen LogP contribution in [-0.2, 0) is 0 Å². The third-order valence-electron chi connectivity index (χ3n) is 2.27. The van der Waals surface area contributed by atoms with Crippen LogP contribution in [0.3, 0.4) is 0 Å². The van der Waals surface area contributed by atoms with Gasteiger partial charge in [-0.1, -0.05) is 23.5 Å². The lowest BCUT2D eigenvalue weighted by molar-refractivity contribution is 0.102. The molecule has 0 radical (unpaired) electrons. The Bertz CT molecular complexity index is 679. The zero-order chi connectivity index (χ0) is 13.1. The number of anilines is 1. The summed E-state index contributed by atoms with van der Waals surface area (Å²) in [6.45, 7) is 0. The number of pyridine rings is 1. The fraction of sp³-hybridized carbons (Fsp3) is 0. The lowest BCUT2D eigenvalue weighted by Crippen LogP contribution is -2.13. The first-order valence-corrected chi connectivity index (χ1v) is 7.12. The van der Waals surface area contributed by atoms with Gasteiger partial charge in [0, 0.05) is 6.20 Å². The Morgan fingerprint density at radius 2 is 2.11 bits per heavy atom. The van der Waals surface area contributed by atoms with E-state index in [1.807, 2.05) is 17.5 Å². The van der Waals surface area contributed by atoms with Crippen LogP contribution in [0, 0.1) is 0 Å². The first kappa shape index (κ1) is 11.9. The molecule has 0 aromatic carbocycles. The van der Waals surface area contributed by atoms with E-state index in [9.17, 15) is 4.79 Å². The Balaban J connectivity index is 1.76. The molecule has 7 heteroatoms. The fourth-order valence-corrected chi connectivity index (χ4v) is 2.96. The molecule has 0 atom stereocenters. The molecule has 1 N–H and O–H groups in total. The summed E-state index contributed by atoms with van der Waals surface area (Å²) in [7, 11) is 0. The Labute approximate surface area is 117 Å². The van der Waals surface area contributed by atoms with Gasteiger partial charge in [0.25, 0.3) is 5.91 Å². The molecule has 3 aromatic heterocycles. The molecule has 0 saturated heterocycles. The number of hydrogen-bond acceptors (Lipinski definition) is 6. The molecule has 0 aliphatic heterocycles. The van der Waals surface area contributed by atoms with Gasteiger partial charge < -0.3 is 0 Å². The summed E-state index contributed by atoms with van der Waals surface area (Å²) >= 11 is 2.93. The average molecular weight is 288 g/mol. The number of hydrogen-bond donors (Lipinski definition) is 1. The highest BCUT2D eigenvalue weighted by Gasteiger charge is 2.12. The van der Waals surface area contributed by atoms with E-state index in [0.29, 0.717) is 10.8 Å². The van der Waals surface area contributed by atoms with Crippen molar-refractivity contribution in [3.8, 4) is 9.88 Å². The maximum atomic E-state index is 11.9. The topological polar surface area (TPSA) is 67.8 Å². The molecule has 3 heterocycles. The number of amides is 1. The molecule has 5 nitrogen and oxygen atoms in total. The standard InChI is InChI=1S/C12H8N4OS2/c17-10(8-4-1-2-6-13-8)14-12-16-15-11(19-12)9-5-3-7-18-9/h1-7H,(H,14,16,17). The number of nitrogens with one attached hydrogen (secondary N) is 1. The van der Waals surface area contributed by atoms with Crippen molar-refractivity contribution in [2.75, 3.05) is 5.32 Å². The molecule has 1 amide bonds. The van der Waals surface area contributed by atoms with Crippen LogP contribution in [0.25, 0.3) is 9.88 Å². The third-order valence-corrected chi connectivity index (χ3v) is 4.15. The minimum absolute atomic E-state index is 0.283. The van der Waals surface area contributed by atoms with E-state index in [-0.39, 0.29) is 5.91 Å². The van der Waals surface area contributed by atoms with Gasteiger partial charge in [0.15, 0.2) is 5.01 Å². The van der Waals surface area contributed by atoms with Gasteiger partial charge in [-0.2, -0.15) is 0 Å². The minimum Gasteiger partial charge on any atom is -0.295 e. The number of carbonyl (C=O) groups is 1. The summed E-state index contributed by atoms with van der Waals surface area (Å²) in [5, 5.41) is 13.9. The molecule has 0 bridgehead atoms. The highest BCUT2D eigenvalue weighted by molar-refractivity contribution is 7.23. The Kier molecular flexibility index (Phi) is 3.30. The molecule has 94 valence electrons. The first-order chi connectivity index (χ1) is 9.33. The van der Waals surface area contributed by atoms with E-state index in [4.69, 9.17) is 0 Å². The van der Waals surface area contributed by atoms with Gasteiger partial charge >= 0.3 is 0 Å². The van der Waals surface area contributed by atoms with E-state index in [0.717, 1.165) is 9.88 Å². The molecular formula is C12H8N4OS2. The normalized spacial score (nSPS) is 10.3. The molecule has 0 spiro atoms. The number of carbonyl (C=O) groups excluding carboxylic acids is 1. The number of thiophene rings is 1. The number of nitrogens with zero attached hydrogens (tertiary/aromatic N) is 3. The summed E-state index contributed by atoms with van der Waals surface area (Å²) in [5.41, 5.74) is 0.357. The monoisotopic (exact) mass is 288 g/mol. The number of rotatable bonds is 3. The molecular weight excluding hydrogens is 280 g/mol. The molecule has 0 unspecified atom stereocenters. The van der Waals surface area contributed by atoms with Crippen LogP contribution >= 0.6 is 22.7 Å². The van der Waals surface area contributed by atoms with Gasteiger partial charge in [-0.25, -0.2) is 0 Å². The van der Waals surface area contributed by atoms with Crippen molar-refractivity contribution < 1.29 is 4.79 Å². The zero-order valence-electron chi connectivity index (χ0n) is 9.61. The Hall–Kier alpha value is -2.12. The maximum Gasteiger partial charge on any atom is 0.276 e. The van der Waals surface area contributed by atoms with E-state index in [1.165, 1.54) is 11.3 Å². The van der Waals surface area contributed by atoms with Gasteiger partial charge in [0.1, 0.15) is 5.69 Å². The third kappa shape index (κ3) is 2.67. The van der Waals surface area contributed by atoms with Crippen molar-refractivity contribution in [3.63, 3.8) is 0 Å². The summed E-state index contributed by atoms with van der Waals surface area (Å²) in [4.78, 5) is 16.9. The number of aromatic nitrogens is 3. The minimum atomic E-state index is -0.283. The van der Waals surface area contributed by atoms with E-state index >= 15 is 0 Å². The van der Waals surface area contributed by atoms with Gasteiger partial charge in [-0.3, -0.25) is 15.1 Å². The largest absolute Gasteiger partial charge is 0.295 e. The van der Waals surface area contributed by atoms with Crippen molar-refractivity contribution in [2.45, 2.75) is 0 Å². The predicted octanol–water partition coefficient (Wildman–Crippen LogP) is 2.91. The summed E-state index contributed by atoms with van der Waals surface area (Å²) in [6, 6.07) is 9.09.